The summed E-state index contributed by atoms with van der Waals surface area (Å²) in [6, 6.07) is 9.05. The topological polar surface area (TPSA) is 122 Å². The fourth-order valence-electron chi connectivity index (χ4n) is 7.80. The number of aryl methyl sites for hydroxylation is 1. The zero-order chi connectivity index (χ0) is 32.8. The number of hydrogen-bond donors (Lipinski definition) is 2. The van der Waals surface area contributed by atoms with Crippen LogP contribution in [0.1, 0.15) is 73.5 Å². The molecule has 1 aromatic heterocycles. The third-order valence-electron chi connectivity index (χ3n) is 10.5. The molecular formula is C35H44ClN5O5S. The molecule has 10 nitrogen and oxygen atoms in total. The summed E-state index contributed by atoms with van der Waals surface area (Å²) in [6.07, 6.45) is 11.6. The molecule has 7 rings (SSSR count). The van der Waals surface area contributed by atoms with E-state index in [9.17, 15) is 13.8 Å². The van der Waals surface area contributed by atoms with Gasteiger partial charge in [0.05, 0.1) is 18.5 Å². The number of halogens is 1. The second-order valence-corrected chi connectivity index (χ2v) is 16.6. The first kappa shape index (κ1) is 32.4. The van der Waals surface area contributed by atoms with Crippen molar-refractivity contribution < 1.29 is 23.3 Å². The summed E-state index contributed by atoms with van der Waals surface area (Å²) in [5.41, 5.74) is 2.30. The van der Waals surface area contributed by atoms with Crippen LogP contribution in [0.15, 0.2) is 46.8 Å². The van der Waals surface area contributed by atoms with Gasteiger partial charge in [-0.05, 0) is 105 Å². The highest BCUT2D eigenvalue weighted by Gasteiger charge is 2.45. The van der Waals surface area contributed by atoms with E-state index in [1.807, 2.05) is 13.0 Å². The number of anilines is 1. The number of rotatable bonds is 3. The molecule has 2 fully saturated rings. The fourth-order valence-corrected chi connectivity index (χ4v) is 9.82. The summed E-state index contributed by atoms with van der Waals surface area (Å²) >= 11 is 6.43. The number of pyridine rings is 1. The van der Waals surface area contributed by atoms with E-state index < -0.39 is 21.9 Å². The van der Waals surface area contributed by atoms with E-state index in [4.69, 9.17) is 26.1 Å². The van der Waals surface area contributed by atoms with Gasteiger partial charge in [0.2, 0.25) is 0 Å². The van der Waals surface area contributed by atoms with Crippen LogP contribution in [0, 0.1) is 17.8 Å². The number of urea groups is 1. The van der Waals surface area contributed by atoms with E-state index in [1.54, 1.807) is 19.2 Å². The van der Waals surface area contributed by atoms with E-state index in [0.717, 1.165) is 56.5 Å². The molecule has 2 bridgehead atoms. The van der Waals surface area contributed by atoms with Crippen LogP contribution in [0.4, 0.5) is 10.6 Å². The highest BCUT2D eigenvalue weighted by Crippen LogP contribution is 2.46. The van der Waals surface area contributed by atoms with Crippen LogP contribution in [0.2, 0.25) is 5.02 Å². The Bertz CT molecular complexity index is 1700. The molecule has 3 aliphatic carbocycles. The quantitative estimate of drug-likeness (QED) is 0.391. The molecule has 0 radical (unpaired) electrons. The van der Waals surface area contributed by atoms with Crippen LogP contribution >= 0.6 is 11.6 Å². The summed E-state index contributed by atoms with van der Waals surface area (Å²) in [6.45, 7) is 3.83. The maximum atomic E-state index is 14.2. The zero-order valence-corrected chi connectivity index (χ0v) is 28.7. The Morgan fingerprint density at radius 3 is 2.81 bits per heavy atom. The Morgan fingerprint density at radius 1 is 1.19 bits per heavy atom. The number of nitrogens with one attached hydrogen (secondary N) is 2. The first-order valence-electron chi connectivity index (χ1n) is 16.9. The Hall–Kier alpha value is -3.15. The van der Waals surface area contributed by atoms with Gasteiger partial charge in [-0.15, -0.1) is 4.36 Å². The lowest BCUT2D eigenvalue weighted by atomic mass is 9.68. The number of methoxy groups -OCH3 is 1. The summed E-state index contributed by atoms with van der Waals surface area (Å²) in [5.74, 6) is 1.07. The van der Waals surface area contributed by atoms with Gasteiger partial charge < -0.3 is 19.7 Å². The van der Waals surface area contributed by atoms with Crippen LogP contribution in [0.5, 0.6) is 5.75 Å². The molecule has 47 heavy (non-hydrogen) atoms. The van der Waals surface area contributed by atoms with Crippen molar-refractivity contribution >= 4 is 39.3 Å². The number of allylic oxidation sites excluding steroid dienone is 1. The second kappa shape index (κ2) is 13.0. The summed E-state index contributed by atoms with van der Waals surface area (Å²) in [5, 5.41) is 3.54. The van der Waals surface area contributed by atoms with Crippen molar-refractivity contribution in [2.24, 2.45) is 22.1 Å². The minimum absolute atomic E-state index is 0.0248. The molecule has 2 aliphatic heterocycles. The molecule has 252 valence electrons. The first-order chi connectivity index (χ1) is 22.6. The third kappa shape index (κ3) is 6.89. The Balaban J connectivity index is 1.29. The molecule has 12 heteroatoms. The van der Waals surface area contributed by atoms with Crippen LogP contribution in [0.3, 0.4) is 0 Å². The standard InChI is InChI=1S/C35H44ClN5O5S/c1-22-5-3-7-30(45-2)27-12-8-24(27)18-41-20-35(16-4-6-23-17-25(36)9-13-28(23)35)21-46-31-15-14-29(38-32(31)41)33(42)39-47(44,19-22)40-34(43)37-26-10-11-26/h3,7,9,13-15,17,22,24,26-27,30H,4-6,8,10-12,16,18-21H2,1-2H3,(H2,37,39,40,42,43,44)/b7-3+/t22-,24-,27+,30-,35-,47?/m0/s1. The molecule has 1 spiro atoms. The molecule has 2 saturated carbocycles. The largest absolute Gasteiger partial charge is 0.489 e. The van der Waals surface area contributed by atoms with Gasteiger partial charge in [-0.25, -0.2) is 14.0 Å². The highest BCUT2D eigenvalue weighted by molar-refractivity contribution is 7.92. The van der Waals surface area contributed by atoms with Gasteiger partial charge in [-0.1, -0.05) is 36.7 Å². The molecule has 2 aromatic rings. The van der Waals surface area contributed by atoms with Gasteiger partial charge in [0.15, 0.2) is 11.6 Å². The van der Waals surface area contributed by atoms with E-state index in [2.05, 4.69) is 43.6 Å². The summed E-state index contributed by atoms with van der Waals surface area (Å²) in [4.78, 5) is 33.7. The lowest BCUT2D eigenvalue weighted by molar-refractivity contribution is 0.0131. The molecule has 1 unspecified atom stereocenters. The molecule has 3 amide bonds. The minimum Gasteiger partial charge on any atom is -0.489 e. The normalized spacial score (nSPS) is 32.8. The van der Waals surface area contributed by atoms with Gasteiger partial charge in [0.1, 0.15) is 15.6 Å². The van der Waals surface area contributed by atoms with Crippen LogP contribution < -0.4 is 19.7 Å². The smallest absolute Gasteiger partial charge is 0.327 e. The predicted molar refractivity (Wildman–Crippen MR) is 182 cm³/mol. The van der Waals surface area contributed by atoms with Crippen molar-refractivity contribution in [3.05, 3.63) is 64.3 Å². The van der Waals surface area contributed by atoms with Crippen molar-refractivity contribution in [1.29, 1.82) is 0 Å². The maximum Gasteiger partial charge on any atom is 0.327 e. The Morgan fingerprint density at radius 2 is 2.04 bits per heavy atom. The summed E-state index contributed by atoms with van der Waals surface area (Å²) < 4.78 is 33.5. The van der Waals surface area contributed by atoms with Crippen molar-refractivity contribution in [3.63, 3.8) is 0 Å². The number of nitrogens with zero attached hydrogens (tertiary/aromatic N) is 3. The molecule has 5 aliphatic rings. The average Bonchev–Trinajstić information content (AvgIpc) is 3.85. The van der Waals surface area contributed by atoms with Crippen LogP contribution in [0.25, 0.3) is 0 Å². The molecule has 3 heterocycles. The number of aromatic nitrogens is 1. The first-order valence-corrected chi connectivity index (χ1v) is 18.9. The predicted octanol–water partition coefficient (Wildman–Crippen LogP) is 5.83. The van der Waals surface area contributed by atoms with Gasteiger partial charge in [-0.2, -0.15) is 0 Å². The van der Waals surface area contributed by atoms with E-state index in [0.29, 0.717) is 43.0 Å². The average molecular weight is 682 g/mol. The minimum atomic E-state index is -3.46. The summed E-state index contributed by atoms with van der Waals surface area (Å²) in [7, 11) is -1.70. The third-order valence-corrected chi connectivity index (χ3v) is 12.7. The second-order valence-electron chi connectivity index (χ2n) is 14.1. The molecule has 0 saturated heterocycles. The number of fused-ring (bicyclic) bond motifs is 4. The monoisotopic (exact) mass is 681 g/mol. The van der Waals surface area contributed by atoms with Crippen molar-refractivity contribution in [1.82, 2.24) is 15.0 Å². The van der Waals surface area contributed by atoms with Gasteiger partial charge >= 0.3 is 11.9 Å². The van der Waals surface area contributed by atoms with E-state index in [1.165, 1.54) is 11.1 Å². The van der Waals surface area contributed by atoms with E-state index >= 15 is 0 Å². The van der Waals surface area contributed by atoms with Gasteiger partial charge in [-0.3, -0.25) is 9.52 Å². The lowest BCUT2D eigenvalue weighted by Gasteiger charge is -2.45. The maximum absolute atomic E-state index is 14.2. The Kier molecular flexibility index (Phi) is 8.99. The van der Waals surface area contributed by atoms with Crippen molar-refractivity contribution in [2.75, 3.05) is 37.5 Å². The molecule has 2 N–H and O–H groups in total. The number of hydrogen-bond acceptors (Lipinski definition) is 7. The molecular weight excluding hydrogens is 638 g/mol. The Labute approximate surface area is 282 Å². The van der Waals surface area contributed by atoms with Crippen LogP contribution in [-0.2, 0) is 26.5 Å². The van der Waals surface area contributed by atoms with Crippen molar-refractivity contribution in [3.8, 4) is 5.75 Å². The van der Waals surface area contributed by atoms with Crippen molar-refractivity contribution in [2.45, 2.75) is 75.9 Å². The fraction of sp³-hybridized carbons (Fsp3) is 0.571. The highest BCUT2D eigenvalue weighted by atomic mass is 35.5. The number of ether oxygens (including phenoxy) is 2. The lowest BCUT2D eigenvalue weighted by Crippen LogP contribution is -2.49. The zero-order valence-electron chi connectivity index (χ0n) is 27.1. The van der Waals surface area contributed by atoms with Gasteiger partial charge in [0, 0.05) is 36.7 Å². The number of carbonyl (C=O) groups excluding carboxylic acids is 2. The van der Waals surface area contributed by atoms with E-state index in [-0.39, 0.29) is 34.9 Å². The van der Waals surface area contributed by atoms with Crippen LogP contribution in [-0.4, -0.2) is 65.8 Å². The van der Waals surface area contributed by atoms with Gasteiger partial charge in [0.25, 0.3) is 0 Å². The SMILES string of the molecule is CO[C@H]1/C=C/C[C@H](C)CS(=O)(NC(=O)NC2CC2)=NC(=O)c2ccc3c(n2)N(C[C@@H]2CC[C@H]21)C[C@@]1(CCCc2cc(Cl)ccc21)CO3. The number of carbonyl (C=O) groups is 2. The number of benzene rings is 1. The molecule has 1 aromatic carbocycles. The molecule has 6 atom stereocenters. The number of amides is 3.